The minimum Gasteiger partial charge on any atom is -0.481 e. The number of rotatable bonds is 4. The van der Waals surface area contributed by atoms with Crippen molar-refractivity contribution in [1.29, 1.82) is 0 Å². The summed E-state index contributed by atoms with van der Waals surface area (Å²) < 4.78 is 0. The first-order valence-electron chi connectivity index (χ1n) is 6.57. The lowest BCUT2D eigenvalue weighted by Crippen LogP contribution is -2.15. The fraction of sp³-hybridized carbons (Fsp3) is 0.533. The molecular formula is C15H20O3. The van der Waals surface area contributed by atoms with Gasteiger partial charge < -0.3 is 10.2 Å². The Hall–Kier alpha value is -1.35. The van der Waals surface area contributed by atoms with E-state index in [1.807, 2.05) is 24.3 Å². The largest absolute Gasteiger partial charge is 0.481 e. The minimum atomic E-state index is -0.797. The molecule has 0 aliphatic heterocycles. The number of aliphatic hydroxyl groups excluding tert-OH is 1. The van der Waals surface area contributed by atoms with Crippen LogP contribution in [0.3, 0.4) is 0 Å². The minimum absolute atomic E-state index is 0.164. The third-order valence-corrected chi connectivity index (χ3v) is 3.97. The first kappa shape index (κ1) is 13.1. The van der Waals surface area contributed by atoms with Crippen LogP contribution in [0.2, 0.25) is 0 Å². The summed E-state index contributed by atoms with van der Waals surface area (Å²) in [6.45, 7) is 1.69. The van der Waals surface area contributed by atoms with Crippen molar-refractivity contribution in [3.63, 3.8) is 0 Å². The quantitative estimate of drug-likeness (QED) is 0.861. The van der Waals surface area contributed by atoms with Gasteiger partial charge in [-0.15, -0.1) is 0 Å². The molecule has 2 unspecified atom stereocenters. The molecule has 1 saturated carbocycles. The molecule has 0 radical (unpaired) electrons. The Labute approximate surface area is 107 Å². The number of hydrogen-bond acceptors (Lipinski definition) is 2. The Morgan fingerprint density at radius 2 is 2.00 bits per heavy atom. The maximum absolute atomic E-state index is 10.9. The smallest absolute Gasteiger partial charge is 0.310 e. The average molecular weight is 248 g/mol. The summed E-state index contributed by atoms with van der Waals surface area (Å²) in [6, 6.07) is 7.74. The van der Waals surface area contributed by atoms with Crippen LogP contribution >= 0.6 is 0 Å². The number of carbonyl (C=O) groups is 1. The Morgan fingerprint density at radius 1 is 1.33 bits per heavy atom. The van der Waals surface area contributed by atoms with E-state index in [0.717, 1.165) is 31.2 Å². The molecule has 1 aromatic carbocycles. The van der Waals surface area contributed by atoms with Gasteiger partial charge in [-0.25, -0.2) is 0 Å². The van der Waals surface area contributed by atoms with Crippen molar-refractivity contribution in [2.75, 3.05) is 0 Å². The fourth-order valence-electron chi connectivity index (χ4n) is 2.64. The molecule has 3 heteroatoms. The molecule has 3 atom stereocenters. The standard InChI is InChI=1S/C15H20O3/c1-10(15(17)18)12-7-5-11(6-8-12)9-13-3-2-4-14(13)16/h5-8,10,13-14,16H,2-4,9H2,1H3,(H,17,18)/t10?,13?,14-/m1/s1. The second-order valence-corrected chi connectivity index (χ2v) is 5.26. The second-order valence-electron chi connectivity index (χ2n) is 5.26. The van der Waals surface area contributed by atoms with Crippen LogP contribution < -0.4 is 0 Å². The van der Waals surface area contributed by atoms with Gasteiger partial charge >= 0.3 is 5.97 Å². The van der Waals surface area contributed by atoms with Gasteiger partial charge in [0.2, 0.25) is 0 Å². The van der Waals surface area contributed by atoms with E-state index in [1.54, 1.807) is 6.92 Å². The molecule has 2 rings (SSSR count). The van der Waals surface area contributed by atoms with Crippen LogP contribution in [-0.4, -0.2) is 22.3 Å². The summed E-state index contributed by atoms with van der Waals surface area (Å²) in [4.78, 5) is 10.9. The molecular weight excluding hydrogens is 228 g/mol. The summed E-state index contributed by atoms with van der Waals surface area (Å²) in [5.74, 6) is -0.891. The molecule has 18 heavy (non-hydrogen) atoms. The monoisotopic (exact) mass is 248 g/mol. The van der Waals surface area contributed by atoms with E-state index in [4.69, 9.17) is 5.11 Å². The van der Waals surface area contributed by atoms with E-state index >= 15 is 0 Å². The van der Waals surface area contributed by atoms with E-state index in [-0.39, 0.29) is 6.10 Å². The number of aliphatic hydroxyl groups is 1. The predicted molar refractivity (Wildman–Crippen MR) is 69.5 cm³/mol. The molecule has 1 aliphatic rings. The van der Waals surface area contributed by atoms with Gasteiger partial charge in [-0.2, -0.15) is 0 Å². The first-order valence-corrected chi connectivity index (χ1v) is 6.57. The normalized spacial score (nSPS) is 25.0. The van der Waals surface area contributed by atoms with E-state index in [9.17, 15) is 9.90 Å². The number of hydrogen-bond donors (Lipinski definition) is 2. The molecule has 1 fully saturated rings. The van der Waals surface area contributed by atoms with Gasteiger partial charge in [0.1, 0.15) is 0 Å². The van der Waals surface area contributed by atoms with Crippen molar-refractivity contribution in [3.05, 3.63) is 35.4 Å². The summed E-state index contributed by atoms with van der Waals surface area (Å²) in [5.41, 5.74) is 2.01. The Balaban J connectivity index is 2.01. The van der Waals surface area contributed by atoms with Crippen molar-refractivity contribution in [1.82, 2.24) is 0 Å². The summed E-state index contributed by atoms with van der Waals surface area (Å²) in [6.07, 6.45) is 3.85. The Bertz CT molecular complexity index is 410. The third-order valence-electron chi connectivity index (χ3n) is 3.97. The fourth-order valence-corrected chi connectivity index (χ4v) is 2.64. The third kappa shape index (κ3) is 2.91. The highest BCUT2D eigenvalue weighted by Crippen LogP contribution is 2.29. The van der Waals surface area contributed by atoms with Gasteiger partial charge in [0.25, 0.3) is 0 Å². The lowest BCUT2D eigenvalue weighted by atomic mass is 9.94. The Morgan fingerprint density at radius 3 is 2.50 bits per heavy atom. The van der Waals surface area contributed by atoms with E-state index in [2.05, 4.69) is 0 Å². The maximum Gasteiger partial charge on any atom is 0.310 e. The number of benzene rings is 1. The molecule has 0 amide bonds. The van der Waals surface area contributed by atoms with Gasteiger partial charge in [0.05, 0.1) is 12.0 Å². The lowest BCUT2D eigenvalue weighted by Gasteiger charge is -2.15. The van der Waals surface area contributed by atoms with Crippen molar-refractivity contribution in [3.8, 4) is 0 Å². The zero-order valence-corrected chi connectivity index (χ0v) is 10.7. The summed E-state index contributed by atoms with van der Waals surface area (Å²) in [7, 11) is 0. The molecule has 98 valence electrons. The van der Waals surface area contributed by atoms with E-state index < -0.39 is 11.9 Å². The van der Waals surface area contributed by atoms with Gasteiger partial charge in [0.15, 0.2) is 0 Å². The average Bonchev–Trinajstić information content (AvgIpc) is 2.75. The maximum atomic E-state index is 10.9. The van der Waals surface area contributed by atoms with Crippen LogP contribution in [0.15, 0.2) is 24.3 Å². The van der Waals surface area contributed by atoms with Gasteiger partial charge in [-0.05, 0) is 43.2 Å². The van der Waals surface area contributed by atoms with Crippen molar-refractivity contribution >= 4 is 5.97 Å². The lowest BCUT2D eigenvalue weighted by molar-refractivity contribution is -0.138. The topological polar surface area (TPSA) is 57.5 Å². The SMILES string of the molecule is CC(C(=O)O)c1ccc(CC2CCC[C@H]2O)cc1. The van der Waals surface area contributed by atoms with E-state index in [1.165, 1.54) is 5.56 Å². The molecule has 0 bridgehead atoms. The summed E-state index contributed by atoms with van der Waals surface area (Å²) >= 11 is 0. The van der Waals surface area contributed by atoms with Gasteiger partial charge in [-0.1, -0.05) is 30.7 Å². The molecule has 1 aromatic rings. The zero-order chi connectivity index (χ0) is 13.1. The van der Waals surface area contributed by atoms with E-state index in [0.29, 0.717) is 5.92 Å². The Kier molecular flexibility index (Phi) is 4.02. The van der Waals surface area contributed by atoms with Crippen LogP contribution in [-0.2, 0) is 11.2 Å². The van der Waals surface area contributed by atoms with Crippen molar-refractivity contribution in [2.45, 2.75) is 44.6 Å². The highest BCUT2D eigenvalue weighted by molar-refractivity contribution is 5.75. The van der Waals surface area contributed by atoms with Crippen molar-refractivity contribution in [2.24, 2.45) is 5.92 Å². The molecule has 0 saturated heterocycles. The highest BCUT2D eigenvalue weighted by Gasteiger charge is 2.25. The molecule has 3 nitrogen and oxygen atoms in total. The predicted octanol–water partition coefficient (Wildman–Crippen LogP) is 2.58. The number of carboxylic acids is 1. The van der Waals surface area contributed by atoms with Crippen LogP contribution in [0.4, 0.5) is 0 Å². The molecule has 0 heterocycles. The van der Waals surface area contributed by atoms with Gasteiger partial charge in [0, 0.05) is 0 Å². The number of aliphatic carboxylic acids is 1. The molecule has 1 aliphatic carbocycles. The second kappa shape index (κ2) is 5.53. The number of carboxylic acid groups (broad SMARTS) is 1. The highest BCUT2D eigenvalue weighted by atomic mass is 16.4. The van der Waals surface area contributed by atoms with Crippen molar-refractivity contribution < 1.29 is 15.0 Å². The first-order chi connectivity index (χ1) is 8.58. The van der Waals surface area contributed by atoms with Crippen LogP contribution in [0.1, 0.15) is 43.2 Å². The molecule has 0 aromatic heterocycles. The zero-order valence-electron chi connectivity index (χ0n) is 10.7. The molecule has 2 N–H and O–H groups in total. The van der Waals surface area contributed by atoms with Gasteiger partial charge in [-0.3, -0.25) is 4.79 Å². The molecule has 0 spiro atoms. The van der Waals surface area contributed by atoms with Crippen LogP contribution in [0.25, 0.3) is 0 Å². The summed E-state index contributed by atoms with van der Waals surface area (Å²) in [5, 5.41) is 18.7. The van der Waals surface area contributed by atoms with Crippen LogP contribution in [0.5, 0.6) is 0 Å². The van der Waals surface area contributed by atoms with Crippen LogP contribution in [0, 0.1) is 5.92 Å².